The number of furan rings is 1. The van der Waals surface area contributed by atoms with E-state index in [0.29, 0.717) is 0 Å². The Morgan fingerprint density at radius 3 is 2.69 bits per heavy atom. The lowest BCUT2D eigenvalue weighted by atomic mass is 10.2. The second kappa shape index (κ2) is 6.71. The first kappa shape index (κ1) is 13.3. The second-order valence-corrected chi connectivity index (χ2v) is 4.85. The van der Waals surface area contributed by atoms with Crippen LogP contribution >= 0.6 is 0 Å². The summed E-state index contributed by atoms with van der Waals surface area (Å²) in [7, 11) is 2.12. The highest BCUT2D eigenvalue weighted by Gasteiger charge is 2.03. The molecule has 1 heterocycles. The van der Waals surface area contributed by atoms with E-state index in [1.54, 1.807) is 0 Å². The average molecular weight is 224 g/mol. The molecule has 0 unspecified atom stereocenters. The van der Waals surface area contributed by atoms with Crippen LogP contribution in [0.15, 0.2) is 16.5 Å². The quantitative estimate of drug-likeness (QED) is 0.720. The molecule has 3 nitrogen and oxygen atoms in total. The second-order valence-electron chi connectivity index (χ2n) is 4.85. The monoisotopic (exact) mass is 224 g/mol. The van der Waals surface area contributed by atoms with Gasteiger partial charge < -0.3 is 9.73 Å². The summed E-state index contributed by atoms with van der Waals surface area (Å²) in [6.07, 6.45) is 0. The van der Waals surface area contributed by atoms with Crippen molar-refractivity contribution in [3.8, 4) is 0 Å². The first-order valence-corrected chi connectivity index (χ1v) is 6.02. The van der Waals surface area contributed by atoms with Crippen LogP contribution in [-0.4, -0.2) is 31.6 Å². The Labute approximate surface area is 98.8 Å². The Morgan fingerprint density at radius 2 is 2.12 bits per heavy atom. The zero-order valence-corrected chi connectivity index (χ0v) is 10.9. The van der Waals surface area contributed by atoms with Crippen molar-refractivity contribution in [1.29, 1.82) is 0 Å². The Kier molecular flexibility index (Phi) is 5.56. The minimum atomic E-state index is 0.720. The number of likely N-dealkylation sites (N-methyl/N-ethyl adjacent to an activating group) is 1. The van der Waals surface area contributed by atoms with Gasteiger partial charge >= 0.3 is 0 Å². The van der Waals surface area contributed by atoms with Crippen LogP contribution in [0.25, 0.3) is 0 Å². The predicted molar refractivity (Wildman–Crippen MR) is 67.5 cm³/mol. The van der Waals surface area contributed by atoms with E-state index in [1.165, 1.54) is 0 Å². The van der Waals surface area contributed by atoms with Crippen molar-refractivity contribution in [2.45, 2.75) is 27.3 Å². The van der Waals surface area contributed by atoms with E-state index in [4.69, 9.17) is 4.42 Å². The molecule has 1 aromatic rings. The largest absolute Gasteiger partial charge is 0.465 e. The lowest BCUT2D eigenvalue weighted by molar-refractivity contribution is 0.290. The van der Waals surface area contributed by atoms with Crippen molar-refractivity contribution >= 4 is 0 Å². The van der Waals surface area contributed by atoms with Crippen LogP contribution in [0, 0.1) is 12.8 Å². The number of hydrogen-bond donors (Lipinski definition) is 1. The lowest BCUT2D eigenvalue weighted by Crippen LogP contribution is -2.30. The molecule has 0 aliphatic rings. The maximum absolute atomic E-state index is 5.54. The summed E-state index contributed by atoms with van der Waals surface area (Å²) in [5.41, 5.74) is 0. The van der Waals surface area contributed by atoms with E-state index >= 15 is 0 Å². The van der Waals surface area contributed by atoms with Crippen LogP contribution in [0.1, 0.15) is 25.4 Å². The van der Waals surface area contributed by atoms with E-state index < -0.39 is 0 Å². The zero-order valence-electron chi connectivity index (χ0n) is 10.9. The minimum absolute atomic E-state index is 0.720. The molecule has 0 spiro atoms. The molecule has 0 radical (unpaired) electrons. The summed E-state index contributed by atoms with van der Waals surface area (Å²) in [6, 6.07) is 4.06. The van der Waals surface area contributed by atoms with Gasteiger partial charge in [-0.1, -0.05) is 13.8 Å². The van der Waals surface area contributed by atoms with E-state index in [2.05, 4.69) is 31.1 Å². The van der Waals surface area contributed by atoms with Gasteiger partial charge in [-0.3, -0.25) is 4.90 Å². The average Bonchev–Trinajstić information content (AvgIpc) is 2.58. The van der Waals surface area contributed by atoms with Crippen LogP contribution in [0.3, 0.4) is 0 Å². The Bertz CT molecular complexity index is 294. The maximum atomic E-state index is 5.54. The Hall–Kier alpha value is -0.800. The van der Waals surface area contributed by atoms with Crippen LogP contribution < -0.4 is 5.32 Å². The van der Waals surface area contributed by atoms with Crippen LogP contribution in [0.4, 0.5) is 0 Å². The summed E-state index contributed by atoms with van der Waals surface area (Å²) < 4.78 is 5.54. The van der Waals surface area contributed by atoms with Gasteiger partial charge in [-0.15, -0.1) is 0 Å². The fourth-order valence-electron chi connectivity index (χ4n) is 1.58. The van der Waals surface area contributed by atoms with E-state index in [1.807, 2.05) is 19.1 Å². The fraction of sp³-hybridized carbons (Fsp3) is 0.692. The highest BCUT2D eigenvalue weighted by molar-refractivity contribution is 5.05. The molecule has 16 heavy (non-hydrogen) atoms. The summed E-state index contributed by atoms with van der Waals surface area (Å²) in [5.74, 6) is 2.75. The molecular weight excluding hydrogens is 200 g/mol. The first-order chi connectivity index (χ1) is 7.58. The van der Waals surface area contributed by atoms with Gasteiger partial charge in [-0.2, -0.15) is 0 Å². The molecule has 92 valence electrons. The highest BCUT2D eigenvalue weighted by atomic mass is 16.3. The fourth-order valence-corrected chi connectivity index (χ4v) is 1.58. The van der Waals surface area contributed by atoms with E-state index in [9.17, 15) is 0 Å². The van der Waals surface area contributed by atoms with Gasteiger partial charge in [0.15, 0.2) is 0 Å². The highest BCUT2D eigenvalue weighted by Crippen LogP contribution is 2.07. The standard InChI is InChI=1S/C13H24N2O/c1-11(2)9-14-7-8-15(4)10-13-6-5-12(3)16-13/h5-6,11,14H,7-10H2,1-4H3. The Balaban J connectivity index is 2.13. The summed E-state index contributed by atoms with van der Waals surface area (Å²) in [6.45, 7) is 10.5. The molecule has 0 aromatic carbocycles. The zero-order chi connectivity index (χ0) is 12.0. The third-order valence-electron chi connectivity index (χ3n) is 2.44. The number of nitrogens with one attached hydrogen (secondary N) is 1. The van der Waals surface area contributed by atoms with Crippen molar-refractivity contribution in [3.63, 3.8) is 0 Å². The van der Waals surface area contributed by atoms with Gasteiger partial charge in [0, 0.05) is 13.1 Å². The molecule has 3 heteroatoms. The predicted octanol–water partition coefficient (Wildman–Crippen LogP) is 2.27. The van der Waals surface area contributed by atoms with Gasteiger partial charge in [-0.05, 0) is 38.6 Å². The molecular formula is C13H24N2O. The van der Waals surface area contributed by atoms with Gasteiger partial charge in [0.1, 0.15) is 11.5 Å². The molecule has 0 saturated heterocycles. The maximum Gasteiger partial charge on any atom is 0.118 e. The molecule has 0 bridgehead atoms. The van der Waals surface area contributed by atoms with Crippen molar-refractivity contribution in [1.82, 2.24) is 10.2 Å². The molecule has 0 aliphatic heterocycles. The number of aryl methyl sites for hydroxylation is 1. The number of hydrogen-bond acceptors (Lipinski definition) is 3. The third kappa shape index (κ3) is 5.33. The SMILES string of the molecule is Cc1ccc(CN(C)CCNCC(C)C)o1. The minimum Gasteiger partial charge on any atom is -0.465 e. The van der Waals surface area contributed by atoms with E-state index in [-0.39, 0.29) is 0 Å². The van der Waals surface area contributed by atoms with Crippen molar-refractivity contribution < 1.29 is 4.42 Å². The molecule has 1 N–H and O–H groups in total. The van der Waals surface area contributed by atoms with Crippen molar-refractivity contribution in [3.05, 3.63) is 23.7 Å². The van der Waals surface area contributed by atoms with Crippen LogP contribution in [0.5, 0.6) is 0 Å². The number of nitrogens with zero attached hydrogens (tertiary/aromatic N) is 1. The third-order valence-corrected chi connectivity index (χ3v) is 2.44. The molecule has 0 atom stereocenters. The van der Waals surface area contributed by atoms with Gasteiger partial charge in [0.2, 0.25) is 0 Å². The Morgan fingerprint density at radius 1 is 1.38 bits per heavy atom. The van der Waals surface area contributed by atoms with Gasteiger partial charge in [0.05, 0.1) is 6.54 Å². The first-order valence-electron chi connectivity index (χ1n) is 6.02. The summed E-state index contributed by atoms with van der Waals surface area (Å²) in [4.78, 5) is 2.27. The normalized spacial score (nSPS) is 11.6. The summed E-state index contributed by atoms with van der Waals surface area (Å²) in [5, 5.41) is 3.43. The van der Waals surface area contributed by atoms with Crippen LogP contribution in [-0.2, 0) is 6.54 Å². The van der Waals surface area contributed by atoms with Crippen molar-refractivity contribution in [2.75, 3.05) is 26.7 Å². The molecule has 1 rings (SSSR count). The van der Waals surface area contributed by atoms with Crippen LogP contribution in [0.2, 0.25) is 0 Å². The molecule has 0 aliphatic carbocycles. The lowest BCUT2D eigenvalue weighted by Gasteiger charge is -2.16. The molecule has 0 fully saturated rings. The topological polar surface area (TPSA) is 28.4 Å². The van der Waals surface area contributed by atoms with Gasteiger partial charge in [0.25, 0.3) is 0 Å². The number of rotatable bonds is 7. The molecule has 1 aromatic heterocycles. The van der Waals surface area contributed by atoms with E-state index in [0.717, 1.165) is 43.6 Å². The van der Waals surface area contributed by atoms with Gasteiger partial charge in [-0.25, -0.2) is 0 Å². The smallest absolute Gasteiger partial charge is 0.118 e. The summed E-state index contributed by atoms with van der Waals surface area (Å²) >= 11 is 0. The molecule has 0 amide bonds. The van der Waals surface area contributed by atoms with Crippen molar-refractivity contribution in [2.24, 2.45) is 5.92 Å². The molecule has 0 saturated carbocycles.